The molecule has 0 aliphatic rings. The first-order chi connectivity index (χ1) is 14.0. The molecule has 152 valence electrons. The zero-order valence-corrected chi connectivity index (χ0v) is 17.1. The van der Waals surface area contributed by atoms with E-state index in [-0.39, 0.29) is 11.4 Å². The van der Waals surface area contributed by atoms with Crippen molar-refractivity contribution >= 4 is 0 Å². The van der Waals surface area contributed by atoms with Crippen LogP contribution in [-0.2, 0) is 25.7 Å². The van der Waals surface area contributed by atoms with E-state index in [1.165, 1.54) is 0 Å². The van der Waals surface area contributed by atoms with Crippen molar-refractivity contribution in [1.29, 1.82) is 0 Å². The lowest BCUT2D eigenvalue weighted by molar-refractivity contribution is 0.499. The maximum Gasteiger partial charge on any atom is 0.166 e. The van der Waals surface area contributed by atoms with E-state index < -0.39 is 11.6 Å². The number of rotatable bonds is 8. The van der Waals surface area contributed by atoms with Crippen LogP contribution in [-0.4, -0.2) is 0 Å². The van der Waals surface area contributed by atoms with Gasteiger partial charge in [-0.25, -0.2) is 13.2 Å². The van der Waals surface area contributed by atoms with Crippen LogP contribution in [0.15, 0.2) is 54.6 Å². The second-order valence-electron chi connectivity index (χ2n) is 7.48. The summed E-state index contributed by atoms with van der Waals surface area (Å²) in [4.78, 5) is 0. The van der Waals surface area contributed by atoms with E-state index in [1.54, 1.807) is 30.3 Å². The Hall–Kier alpha value is -2.55. The third-order valence-corrected chi connectivity index (χ3v) is 5.44. The maximum atomic E-state index is 14.5. The van der Waals surface area contributed by atoms with Crippen LogP contribution in [0.1, 0.15) is 48.9 Å². The van der Waals surface area contributed by atoms with Gasteiger partial charge in [0.1, 0.15) is 5.82 Å². The number of halogens is 3. The molecule has 29 heavy (non-hydrogen) atoms. The quantitative estimate of drug-likeness (QED) is 0.371. The van der Waals surface area contributed by atoms with Crippen LogP contribution in [0.25, 0.3) is 11.1 Å². The molecule has 0 atom stereocenters. The highest BCUT2D eigenvalue weighted by molar-refractivity contribution is 5.65. The maximum absolute atomic E-state index is 14.5. The van der Waals surface area contributed by atoms with Crippen molar-refractivity contribution in [3.63, 3.8) is 0 Å². The normalized spacial score (nSPS) is 11.1. The van der Waals surface area contributed by atoms with Crippen LogP contribution in [0.3, 0.4) is 0 Å². The fourth-order valence-corrected chi connectivity index (χ4v) is 3.52. The summed E-state index contributed by atoms with van der Waals surface area (Å²) in [5, 5.41) is 0. The van der Waals surface area contributed by atoms with Gasteiger partial charge in [-0.05, 0) is 66.0 Å². The summed E-state index contributed by atoms with van der Waals surface area (Å²) in [7, 11) is 0. The van der Waals surface area contributed by atoms with Gasteiger partial charge in [0.05, 0.1) is 0 Å². The van der Waals surface area contributed by atoms with Gasteiger partial charge in [0.25, 0.3) is 0 Å². The molecule has 0 fully saturated rings. The topological polar surface area (TPSA) is 0 Å². The molecule has 3 heteroatoms. The Morgan fingerprint density at radius 3 is 2.00 bits per heavy atom. The number of benzene rings is 3. The predicted octanol–water partition coefficient (Wildman–Crippen LogP) is 7.46. The standard InChI is InChI=1S/C26H27F3/c1-3-5-6-22-15-16-23(26(29)25(22)28)20-11-8-19(9-12-20)10-14-21-13-7-18(4-2)17-24(21)27/h7-9,11-13,15-17H,3-6,10,14H2,1-2H3. The predicted molar refractivity (Wildman–Crippen MR) is 114 cm³/mol. The van der Waals surface area contributed by atoms with Gasteiger partial charge in [-0.15, -0.1) is 0 Å². The van der Waals surface area contributed by atoms with E-state index in [2.05, 4.69) is 0 Å². The summed E-state index contributed by atoms with van der Waals surface area (Å²) in [6, 6.07) is 16.1. The highest BCUT2D eigenvalue weighted by Crippen LogP contribution is 2.27. The first kappa shape index (κ1) is 21.2. The Balaban J connectivity index is 1.71. The van der Waals surface area contributed by atoms with Gasteiger partial charge in [-0.2, -0.15) is 0 Å². The smallest absolute Gasteiger partial charge is 0.166 e. The Morgan fingerprint density at radius 2 is 1.34 bits per heavy atom. The van der Waals surface area contributed by atoms with Crippen LogP contribution in [0.5, 0.6) is 0 Å². The minimum atomic E-state index is -0.788. The molecule has 0 N–H and O–H groups in total. The highest BCUT2D eigenvalue weighted by atomic mass is 19.2. The van der Waals surface area contributed by atoms with Gasteiger partial charge in [0.2, 0.25) is 0 Å². The molecule has 0 radical (unpaired) electrons. The number of hydrogen-bond donors (Lipinski definition) is 0. The molecular formula is C26H27F3. The Bertz CT molecular complexity index is 958. The molecule has 0 spiro atoms. The average molecular weight is 396 g/mol. The molecule has 0 aromatic heterocycles. The lowest BCUT2D eigenvalue weighted by atomic mass is 9.97. The van der Waals surface area contributed by atoms with Crippen molar-refractivity contribution in [2.24, 2.45) is 0 Å². The molecular weight excluding hydrogens is 369 g/mol. The van der Waals surface area contributed by atoms with Crippen molar-refractivity contribution in [3.05, 3.63) is 94.3 Å². The van der Waals surface area contributed by atoms with Gasteiger partial charge in [-0.1, -0.05) is 68.8 Å². The molecule has 0 aliphatic heterocycles. The lowest BCUT2D eigenvalue weighted by Crippen LogP contribution is -1.98. The Labute approximate surface area is 171 Å². The van der Waals surface area contributed by atoms with Gasteiger partial charge in [0, 0.05) is 5.56 Å². The summed E-state index contributed by atoms with van der Waals surface area (Å²) < 4.78 is 43.0. The van der Waals surface area contributed by atoms with Gasteiger partial charge in [0.15, 0.2) is 11.6 Å². The van der Waals surface area contributed by atoms with Crippen molar-refractivity contribution in [1.82, 2.24) is 0 Å². The van der Waals surface area contributed by atoms with Gasteiger partial charge >= 0.3 is 0 Å². The van der Waals surface area contributed by atoms with Crippen LogP contribution in [0.2, 0.25) is 0 Å². The van der Waals surface area contributed by atoms with Gasteiger partial charge in [-0.3, -0.25) is 0 Å². The molecule has 0 heterocycles. The fraction of sp³-hybridized carbons (Fsp3) is 0.308. The Morgan fingerprint density at radius 1 is 0.655 bits per heavy atom. The van der Waals surface area contributed by atoms with E-state index in [4.69, 9.17) is 0 Å². The summed E-state index contributed by atoms with van der Waals surface area (Å²) in [5.41, 5.74) is 4.07. The number of unbranched alkanes of at least 4 members (excludes halogenated alkanes) is 1. The monoisotopic (exact) mass is 396 g/mol. The molecule has 0 nitrogen and oxygen atoms in total. The van der Waals surface area contributed by atoms with E-state index in [0.717, 1.165) is 30.4 Å². The molecule has 0 saturated heterocycles. The van der Waals surface area contributed by atoms with Gasteiger partial charge < -0.3 is 0 Å². The zero-order valence-electron chi connectivity index (χ0n) is 17.1. The molecule has 0 unspecified atom stereocenters. The molecule has 0 saturated carbocycles. The SMILES string of the molecule is CCCCc1ccc(-c2ccc(CCc3ccc(CC)cc3F)cc2)c(F)c1F. The third-order valence-electron chi connectivity index (χ3n) is 5.44. The second kappa shape index (κ2) is 9.78. The molecule has 0 aliphatic carbocycles. The largest absolute Gasteiger partial charge is 0.207 e. The summed E-state index contributed by atoms with van der Waals surface area (Å²) >= 11 is 0. The summed E-state index contributed by atoms with van der Waals surface area (Å²) in [6.07, 6.45) is 4.44. The third kappa shape index (κ3) is 5.09. The lowest BCUT2D eigenvalue weighted by Gasteiger charge is -2.10. The fourth-order valence-electron chi connectivity index (χ4n) is 3.52. The summed E-state index contributed by atoms with van der Waals surface area (Å²) in [5.74, 6) is -1.70. The molecule has 3 rings (SSSR count). The van der Waals surface area contributed by atoms with E-state index in [0.29, 0.717) is 36.0 Å². The molecule has 0 amide bonds. The average Bonchev–Trinajstić information content (AvgIpc) is 2.74. The minimum absolute atomic E-state index is 0.165. The van der Waals surface area contributed by atoms with Crippen LogP contribution in [0, 0.1) is 17.5 Å². The van der Waals surface area contributed by atoms with Crippen molar-refractivity contribution in [3.8, 4) is 11.1 Å². The first-order valence-electron chi connectivity index (χ1n) is 10.4. The van der Waals surface area contributed by atoms with Crippen molar-refractivity contribution < 1.29 is 13.2 Å². The van der Waals surface area contributed by atoms with E-state index >= 15 is 0 Å². The molecule has 3 aromatic rings. The minimum Gasteiger partial charge on any atom is -0.207 e. The summed E-state index contributed by atoms with van der Waals surface area (Å²) in [6.45, 7) is 4.03. The first-order valence-corrected chi connectivity index (χ1v) is 10.4. The van der Waals surface area contributed by atoms with Crippen molar-refractivity contribution in [2.45, 2.75) is 52.4 Å². The van der Waals surface area contributed by atoms with Crippen molar-refractivity contribution in [2.75, 3.05) is 0 Å². The highest BCUT2D eigenvalue weighted by Gasteiger charge is 2.14. The van der Waals surface area contributed by atoms with Crippen LogP contribution < -0.4 is 0 Å². The van der Waals surface area contributed by atoms with Crippen LogP contribution in [0.4, 0.5) is 13.2 Å². The molecule has 3 aromatic carbocycles. The molecule has 0 bridgehead atoms. The van der Waals surface area contributed by atoms with E-state index in [1.807, 2.05) is 38.1 Å². The Kier molecular flexibility index (Phi) is 7.13. The zero-order chi connectivity index (χ0) is 20.8. The number of hydrogen-bond acceptors (Lipinski definition) is 0. The van der Waals surface area contributed by atoms with E-state index in [9.17, 15) is 13.2 Å². The van der Waals surface area contributed by atoms with Crippen LogP contribution >= 0.6 is 0 Å². The second-order valence-corrected chi connectivity index (χ2v) is 7.48. The number of aryl methyl sites for hydroxylation is 4.